The first-order chi connectivity index (χ1) is 13.0. The third-order valence-corrected chi connectivity index (χ3v) is 5.18. The monoisotopic (exact) mass is 406 g/mol. The molecule has 0 aromatic heterocycles. The highest BCUT2D eigenvalue weighted by Gasteiger charge is 2.27. The van der Waals surface area contributed by atoms with Gasteiger partial charge in [-0.25, -0.2) is 0 Å². The predicted octanol–water partition coefficient (Wildman–Crippen LogP) is 3.32. The van der Waals surface area contributed by atoms with Crippen molar-refractivity contribution in [2.45, 2.75) is 0 Å². The molecule has 2 amide bonds. The molecule has 2 aliphatic heterocycles. The molecule has 6 nitrogen and oxygen atoms in total. The number of benzene rings is 2. The predicted molar refractivity (Wildman–Crippen MR) is 101 cm³/mol. The average Bonchev–Trinajstić information content (AvgIpc) is 3.15. The molecule has 2 aromatic rings. The van der Waals surface area contributed by atoms with Gasteiger partial charge in [0.2, 0.25) is 6.79 Å². The van der Waals surface area contributed by atoms with E-state index in [9.17, 15) is 9.59 Å². The number of carbonyl (C=O) groups excluding carboxylic acids is 2. The molecule has 2 aliphatic rings. The second-order valence-electron chi connectivity index (χ2n) is 6.28. The lowest BCUT2D eigenvalue weighted by Crippen LogP contribution is -2.50. The van der Waals surface area contributed by atoms with E-state index in [4.69, 9.17) is 32.7 Å². The molecule has 0 atom stereocenters. The zero-order valence-corrected chi connectivity index (χ0v) is 15.8. The highest BCUT2D eigenvalue weighted by Crippen LogP contribution is 2.33. The first-order valence-electron chi connectivity index (χ1n) is 8.46. The van der Waals surface area contributed by atoms with Crippen LogP contribution in [0.4, 0.5) is 0 Å². The third kappa shape index (κ3) is 3.55. The number of amides is 2. The molecule has 0 unspecified atom stereocenters. The second-order valence-corrected chi connectivity index (χ2v) is 7.12. The number of rotatable bonds is 2. The van der Waals surface area contributed by atoms with Crippen molar-refractivity contribution in [3.8, 4) is 11.5 Å². The van der Waals surface area contributed by atoms with Crippen LogP contribution in [-0.2, 0) is 0 Å². The summed E-state index contributed by atoms with van der Waals surface area (Å²) in [6.45, 7) is 1.94. The largest absolute Gasteiger partial charge is 0.454 e. The smallest absolute Gasteiger partial charge is 0.255 e. The minimum Gasteiger partial charge on any atom is -0.454 e. The Balaban J connectivity index is 1.41. The Bertz CT molecular complexity index is 911. The van der Waals surface area contributed by atoms with Crippen LogP contribution >= 0.6 is 23.2 Å². The Kier molecular flexibility index (Phi) is 4.85. The van der Waals surface area contributed by atoms with Gasteiger partial charge in [-0.15, -0.1) is 0 Å². The highest BCUT2D eigenvalue weighted by atomic mass is 35.5. The summed E-state index contributed by atoms with van der Waals surface area (Å²) >= 11 is 12.0. The number of fused-ring (bicyclic) bond motifs is 1. The summed E-state index contributed by atoms with van der Waals surface area (Å²) in [4.78, 5) is 28.8. The molecule has 0 radical (unpaired) electrons. The van der Waals surface area contributed by atoms with Crippen molar-refractivity contribution in [2.75, 3.05) is 33.0 Å². The topological polar surface area (TPSA) is 59.1 Å². The Morgan fingerprint density at radius 2 is 1.48 bits per heavy atom. The van der Waals surface area contributed by atoms with Crippen LogP contribution in [0.3, 0.4) is 0 Å². The van der Waals surface area contributed by atoms with Gasteiger partial charge in [0.05, 0.1) is 10.6 Å². The minimum atomic E-state index is -0.160. The van der Waals surface area contributed by atoms with Crippen LogP contribution in [0.1, 0.15) is 20.7 Å². The first kappa shape index (κ1) is 17.9. The van der Waals surface area contributed by atoms with E-state index in [1.807, 2.05) is 0 Å². The minimum absolute atomic E-state index is 0.0927. The van der Waals surface area contributed by atoms with Crippen molar-refractivity contribution in [3.63, 3.8) is 0 Å². The van der Waals surface area contributed by atoms with Crippen molar-refractivity contribution >= 4 is 35.0 Å². The summed E-state index contributed by atoms with van der Waals surface area (Å²) in [7, 11) is 0. The molecular formula is C19H16Cl2N2O4. The number of carbonyl (C=O) groups is 2. The summed E-state index contributed by atoms with van der Waals surface area (Å²) in [6.07, 6.45) is 0. The first-order valence-corrected chi connectivity index (χ1v) is 9.22. The number of ether oxygens (including phenoxy) is 2. The molecule has 2 heterocycles. The summed E-state index contributed by atoms with van der Waals surface area (Å²) in [5.41, 5.74) is 0.955. The zero-order chi connectivity index (χ0) is 19.0. The van der Waals surface area contributed by atoms with Crippen molar-refractivity contribution in [1.82, 2.24) is 9.80 Å². The van der Waals surface area contributed by atoms with E-state index in [1.165, 1.54) is 0 Å². The van der Waals surface area contributed by atoms with E-state index in [1.54, 1.807) is 46.2 Å². The molecule has 4 rings (SSSR count). The fourth-order valence-electron chi connectivity index (χ4n) is 3.16. The Hall–Kier alpha value is -2.44. The van der Waals surface area contributed by atoms with Crippen LogP contribution in [-0.4, -0.2) is 54.6 Å². The second kappa shape index (κ2) is 7.29. The molecule has 2 aromatic carbocycles. The lowest BCUT2D eigenvalue weighted by Gasteiger charge is -2.35. The number of piperazine rings is 1. The van der Waals surface area contributed by atoms with Gasteiger partial charge in [-0.3, -0.25) is 9.59 Å². The molecule has 27 heavy (non-hydrogen) atoms. The molecule has 1 fully saturated rings. The van der Waals surface area contributed by atoms with E-state index in [-0.39, 0.29) is 18.6 Å². The standard InChI is InChI=1S/C19H16Cl2N2O4/c20-13-2-3-14(15(21)10-13)19(25)23-7-5-22(6-8-23)18(24)12-1-4-16-17(9-12)27-11-26-16/h1-4,9-10H,5-8,11H2. The quantitative estimate of drug-likeness (QED) is 0.767. The lowest BCUT2D eigenvalue weighted by molar-refractivity contribution is 0.0535. The van der Waals surface area contributed by atoms with Gasteiger partial charge in [-0.2, -0.15) is 0 Å². The van der Waals surface area contributed by atoms with Gasteiger partial charge in [0.1, 0.15) is 0 Å². The highest BCUT2D eigenvalue weighted by molar-refractivity contribution is 6.36. The SMILES string of the molecule is O=C(c1ccc2c(c1)OCO2)N1CCN(C(=O)c2ccc(Cl)cc2Cl)CC1. The molecule has 0 N–H and O–H groups in total. The van der Waals surface area contributed by atoms with E-state index in [0.717, 1.165) is 0 Å². The fraction of sp³-hybridized carbons (Fsp3) is 0.263. The van der Waals surface area contributed by atoms with Gasteiger partial charge in [-0.1, -0.05) is 23.2 Å². The molecule has 0 aliphatic carbocycles. The van der Waals surface area contributed by atoms with Crippen LogP contribution in [0, 0.1) is 0 Å². The van der Waals surface area contributed by atoms with Crippen LogP contribution < -0.4 is 9.47 Å². The van der Waals surface area contributed by atoms with E-state index < -0.39 is 0 Å². The van der Waals surface area contributed by atoms with Gasteiger partial charge >= 0.3 is 0 Å². The molecule has 8 heteroatoms. The van der Waals surface area contributed by atoms with Crippen molar-refractivity contribution < 1.29 is 19.1 Å². The maximum absolute atomic E-state index is 12.7. The number of nitrogens with zero attached hydrogens (tertiary/aromatic N) is 2. The molecular weight excluding hydrogens is 391 g/mol. The lowest BCUT2D eigenvalue weighted by atomic mass is 10.1. The molecule has 1 saturated heterocycles. The van der Waals surface area contributed by atoms with Crippen molar-refractivity contribution in [2.24, 2.45) is 0 Å². The molecule has 140 valence electrons. The molecule has 0 bridgehead atoms. The van der Waals surface area contributed by atoms with Crippen LogP contribution in [0.15, 0.2) is 36.4 Å². The van der Waals surface area contributed by atoms with Crippen LogP contribution in [0.5, 0.6) is 11.5 Å². The third-order valence-electron chi connectivity index (χ3n) is 4.64. The summed E-state index contributed by atoms with van der Waals surface area (Å²) in [6, 6.07) is 9.96. The summed E-state index contributed by atoms with van der Waals surface area (Å²) in [5, 5.41) is 0.807. The fourth-order valence-corrected chi connectivity index (χ4v) is 3.65. The van der Waals surface area contributed by atoms with Gasteiger partial charge in [-0.05, 0) is 36.4 Å². The van der Waals surface area contributed by atoms with E-state index >= 15 is 0 Å². The van der Waals surface area contributed by atoms with Gasteiger partial charge < -0.3 is 19.3 Å². The summed E-state index contributed by atoms with van der Waals surface area (Å²) < 4.78 is 10.6. The van der Waals surface area contributed by atoms with Gasteiger partial charge in [0, 0.05) is 36.8 Å². The number of hydrogen-bond acceptors (Lipinski definition) is 4. The number of hydrogen-bond donors (Lipinski definition) is 0. The van der Waals surface area contributed by atoms with Crippen LogP contribution in [0.25, 0.3) is 0 Å². The Morgan fingerprint density at radius 1 is 0.815 bits per heavy atom. The Morgan fingerprint density at radius 3 is 2.19 bits per heavy atom. The summed E-state index contributed by atoms with van der Waals surface area (Å²) in [5.74, 6) is 0.964. The maximum Gasteiger partial charge on any atom is 0.255 e. The van der Waals surface area contributed by atoms with E-state index in [2.05, 4.69) is 0 Å². The molecule has 0 saturated carbocycles. The van der Waals surface area contributed by atoms with Crippen LogP contribution in [0.2, 0.25) is 10.0 Å². The average molecular weight is 407 g/mol. The Labute approximate surface area is 166 Å². The van der Waals surface area contributed by atoms with Crippen molar-refractivity contribution in [3.05, 3.63) is 57.6 Å². The molecule has 0 spiro atoms. The number of halogens is 2. The zero-order valence-electron chi connectivity index (χ0n) is 14.3. The van der Waals surface area contributed by atoms with Gasteiger partial charge in [0.25, 0.3) is 11.8 Å². The maximum atomic E-state index is 12.7. The van der Waals surface area contributed by atoms with Gasteiger partial charge in [0.15, 0.2) is 11.5 Å². The normalized spacial score (nSPS) is 15.8. The van der Waals surface area contributed by atoms with E-state index in [0.29, 0.717) is 58.9 Å². The van der Waals surface area contributed by atoms with Crippen molar-refractivity contribution in [1.29, 1.82) is 0 Å².